The number of furan rings is 1. The number of benzene rings is 1. The van der Waals surface area contributed by atoms with Crippen molar-refractivity contribution in [1.29, 1.82) is 0 Å². The Balaban J connectivity index is 1.44. The number of nitrogens with zero attached hydrogens (tertiary/aromatic N) is 2. The average molecular weight is 418 g/mol. The quantitative estimate of drug-likeness (QED) is 0.504. The zero-order chi connectivity index (χ0) is 19.9. The SMILES string of the molecule is Cc1cccc(Nc2nnc(SCC(=O)NC(=O)NCc3ccco3)s2)c1C. The standard InChI is InChI=1S/C18H19N5O3S2/c1-11-5-3-7-14(12(11)2)20-17-22-23-18(28-17)27-10-15(24)21-16(25)19-9-13-6-4-8-26-13/h3-8H,9-10H2,1-2H3,(H,20,22)(H2,19,21,24,25). The van der Waals surface area contributed by atoms with Gasteiger partial charge in [0.2, 0.25) is 11.0 Å². The van der Waals surface area contributed by atoms with Gasteiger partial charge in [-0.2, -0.15) is 0 Å². The van der Waals surface area contributed by atoms with E-state index in [4.69, 9.17) is 4.42 Å². The molecule has 2 aromatic heterocycles. The molecule has 0 aliphatic rings. The lowest BCUT2D eigenvalue weighted by Gasteiger charge is -2.08. The van der Waals surface area contributed by atoms with Gasteiger partial charge in [0.05, 0.1) is 18.6 Å². The number of hydrogen-bond acceptors (Lipinski definition) is 8. The lowest BCUT2D eigenvalue weighted by atomic mass is 10.1. The number of imide groups is 1. The number of aryl methyl sites for hydroxylation is 1. The Kier molecular flexibility index (Phi) is 6.66. The van der Waals surface area contributed by atoms with E-state index in [1.807, 2.05) is 32.0 Å². The minimum atomic E-state index is -0.573. The number of aromatic nitrogens is 2. The summed E-state index contributed by atoms with van der Waals surface area (Å²) < 4.78 is 5.74. The van der Waals surface area contributed by atoms with Crippen LogP contribution in [0.1, 0.15) is 16.9 Å². The lowest BCUT2D eigenvalue weighted by molar-refractivity contribution is -0.117. The van der Waals surface area contributed by atoms with Crippen molar-refractivity contribution in [3.8, 4) is 0 Å². The predicted molar refractivity (Wildman–Crippen MR) is 109 cm³/mol. The van der Waals surface area contributed by atoms with E-state index >= 15 is 0 Å². The highest BCUT2D eigenvalue weighted by molar-refractivity contribution is 8.01. The summed E-state index contributed by atoms with van der Waals surface area (Å²) in [6, 6.07) is 8.88. The molecule has 0 unspecified atom stereocenters. The second-order valence-corrected chi connectivity index (χ2v) is 8.04. The zero-order valence-corrected chi connectivity index (χ0v) is 16.9. The van der Waals surface area contributed by atoms with Crippen molar-refractivity contribution in [3.63, 3.8) is 0 Å². The second kappa shape index (κ2) is 9.38. The minimum absolute atomic E-state index is 0.0618. The van der Waals surface area contributed by atoms with Gasteiger partial charge in [0.15, 0.2) is 4.34 Å². The lowest BCUT2D eigenvalue weighted by Crippen LogP contribution is -2.39. The van der Waals surface area contributed by atoms with Crippen LogP contribution in [0, 0.1) is 13.8 Å². The fourth-order valence-corrected chi connectivity index (χ4v) is 3.80. The molecule has 0 atom stereocenters. The van der Waals surface area contributed by atoms with Gasteiger partial charge in [0.1, 0.15) is 5.76 Å². The Hall–Kier alpha value is -2.85. The Labute approximate surface area is 170 Å². The summed E-state index contributed by atoms with van der Waals surface area (Å²) in [6.07, 6.45) is 1.52. The number of rotatable bonds is 7. The maximum atomic E-state index is 11.9. The summed E-state index contributed by atoms with van der Waals surface area (Å²) in [6.45, 7) is 4.30. The predicted octanol–water partition coefficient (Wildman–Crippen LogP) is 3.61. The van der Waals surface area contributed by atoms with Crippen molar-refractivity contribution < 1.29 is 14.0 Å². The highest BCUT2D eigenvalue weighted by Gasteiger charge is 2.12. The van der Waals surface area contributed by atoms with E-state index in [9.17, 15) is 9.59 Å². The summed E-state index contributed by atoms with van der Waals surface area (Å²) in [5.74, 6) is 0.252. The van der Waals surface area contributed by atoms with Crippen LogP contribution in [0.4, 0.5) is 15.6 Å². The summed E-state index contributed by atoms with van der Waals surface area (Å²) in [5, 5.41) is 16.9. The number of carbonyl (C=O) groups excluding carboxylic acids is 2. The van der Waals surface area contributed by atoms with E-state index < -0.39 is 11.9 Å². The summed E-state index contributed by atoms with van der Waals surface area (Å²) in [7, 11) is 0. The van der Waals surface area contributed by atoms with Crippen molar-refractivity contribution in [2.24, 2.45) is 0 Å². The maximum Gasteiger partial charge on any atom is 0.321 e. The molecular formula is C18H19N5O3S2. The van der Waals surface area contributed by atoms with Crippen LogP contribution in [0.15, 0.2) is 45.4 Å². The van der Waals surface area contributed by atoms with Gasteiger partial charge in [0.25, 0.3) is 0 Å². The van der Waals surface area contributed by atoms with Crippen molar-refractivity contribution in [2.45, 2.75) is 24.7 Å². The van der Waals surface area contributed by atoms with Crippen LogP contribution in [0.25, 0.3) is 0 Å². The first kappa shape index (κ1) is 19.9. The third-order valence-corrected chi connectivity index (χ3v) is 5.81. The molecule has 10 heteroatoms. The molecule has 3 amide bonds. The van der Waals surface area contributed by atoms with E-state index in [-0.39, 0.29) is 12.3 Å². The van der Waals surface area contributed by atoms with Crippen molar-refractivity contribution in [2.75, 3.05) is 11.1 Å². The Bertz CT molecular complexity index is 956. The van der Waals surface area contributed by atoms with E-state index in [0.29, 0.717) is 15.2 Å². The molecule has 0 fully saturated rings. The normalized spacial score (nSPS) is 10.5. The van der Waals surface area contributed by atoms with E-state index in [2.05, 4.69) is 26.1 Å². The van der Waals surface area contributed by atoms with Gasteiger partial charge >= 0.3 is 6.03 Å². The Morgan fingerprint density at radius 2 is 2.04 bits per heavy atom. The van der Waals surface area contributed by atoms with Gasteiger partial charge in [-0.05, 0) is 43.2 Å². The van der Waals surface area contributed by atoms with Crippen LogP contribution in [-0.2, 0) is 11.3 Å². The molecule has 3 aromatic rings. The smallest absolute Gasteiger partial charge is 0.321 e. The molecule has 0 saturated carbocycles. The number of thioether (sulfide) groups is 1. The topological polar surface area (TPSA) is 109 Å². The number of amides is 3. The van der Waals surface area contributed by atoms with Gasteiger partial charge in [-0.15, -0.1) is 10.2 Å². The second-order valence-electron chi connectivity index (χ2n) is 5.84. The van der Waals surface area contributed by atoms with Gasteiger partial charge < -0.3 is 15.1 Å². The van der Waals surface area contributed by atoms with Gasteiger partial charge in [-0.3, -0.25) is 10.1 Å². The van der Waals surface area contributed by atoms with Crippen molar-refractivity contribution in [1.82, 2.24) is 20.8 Å². The van der Waals surface area contributed by atoms with Crippen LogP contribution < -0.4 is 16.0 Å². The molecule has 0 spiro atoms. The van der Waals surface area contributed by atoms with E-state index in [1.54, 1.807) is 12.1 Å². The van der Waals surface area contributed by atoms with E-state index in [0.717, 1.165) is 11.3 Å². The molecule has 0 radical (unpaired) electrons. The molecule has 3 N–H and O–H groups in total. The molecule has 0 saturated heterocycles. The average Bonchev–Trinajstić information content (AvgIpc) is 3.34. The number of anilines is 2. The molecule has 3 rings (SSSR count). The first-order chi connectivity index (χ1) is 13.5. The van der Waals surface area contributed by atoms with Crippen LogP contribution in [-0.4, -0.2) is 27.9 Å². The maximum absolute atomic E-state index is 11.9. The Morgan fingerprint density at radius 3 is 2.82 bits per heavy atom. The van der Waals surface area contributed by atoms with Gasteiger partial charge in [0, 0.05) is 5.69 Å². The van der Waals surface area contributed by atoms with Crippen LogP contribution >= 0.6 is 23.1 Å². The molecule has 1 aromatic carbocycles. The fourth-order valence-electron chi connectivity index (χ4n) is 2.24. The highest BCUT2D eigenvalue weighted by atomic mass is 32.2. The van der Waals surface area contributed by atoms with Crippen molar-refractivity contribution >= 4 is 45.9 Å². The molecule has 8 nitrogen and oxygen atoms in total. The van der Waals surface area contributed by atoms with Gasteiger partial charge in [-0.1, -0.05) is 35.2 Å². The zero-order valence-electron chi connectivity index (χ0n) is 15.3. The van der Waals surface area contributed by atoms with Crippen LogP contribution in [0.3, 0.4) is 0 Å². The molecular weight excluding hydrogens is 398 g/mol. The largest absolute Gasteiger partial charge is 0.467 e. The third-order valence-electron chi connectivity index (χ3n) is 3.84. The first-order valence-electron chi connectivity index (χ1n) is 8.41. The number of urea groups is 1. The number of carbonyl (C=O) groups is 2. The third kappa shape index (κ3) is 5.57. The number of hydrogen-bond donors (Lipinski definition) is 3. The van der Waals surface area contributed by atoms with Gasteiger partial charge in [-0.25, -0.2) is 4.79 Å². The first-order valence-corrected chi connectivity index (χ1v) is 10.2. The summed E-state index contributed by atoms with van der Waals surface area (Å²) >= 11 is 2.57. The summed E-state index contributed by atoms with van der Waals surface area (Å²) in [4.78, 5) is 23.6. The fraction of sp³-hybridized carbons (Fsp3) is 0.222. The highest BCUT2D eigenvalue weighted by Crippen LogP contribution is 2.29. The molecule has 0 bridgehead atoms. The number of nitrogens with one attached hydrogen (secondary N) is 3. The van der Waals surface area contributed by atoms with Crippen LogP contribution in [0.2, 0.25) is 0 Å². The summed E-state index contributed by atoms with van der Waals surface area (Å²) in [5.41, 5.74) is 3.30. The molecule has 28 heavy (non-hydrogen) atoms. The monoisotopic (exact) mass is 417 g/mol. The molecule has 2 heterocycles. The van der Waals surface area contributed by atoms with Crippen LogP contribution in [0.5, 0.6) is 0 Å². The van der Waals surface area contributed by atoms with E-state index in [1.165, 1.54) is 34.9 Å². The van der Waals surface area contributed by atoms with Crippen molar-refractivity contribution in [3.05, 3.63) is 53.5 Å². The molecule has 0 aliphatic heterocycles. The molecule has 0 aliphatic carbocycles. The Morgan fingerprint density at radius 1 is 1.18 bits per heavy atom. The minimum Gasteiger partial charge on any atom is -0.467 e. The molecule has 146 valence electrons.